The Morgan fingerprint density at radius 2 is 2.08 bits per heavy atom. The largest absolute Gasteiger partial charge is 0.379 e. The zero-order valence-electron chi connectivity index (χ0n) is 12.6. The van der Waals surface area contributed by atoms with Gasteiger partial charge in [0.2, 0.25) is 0 Å². The molecule has 0 unspecified atom stereocenters. The predicted molar refractivity (Wildman–Crippen MR) is 83.2 cm³/mol. The van der Waals surface area contributed by atoms with Crippen LogP contribution in [-0.4, -0.2) is 30.1 Å². The lowest BCUT2D eigenvalue weighted by atomic mass is 10.3. The molecule has 0 aliphatic rings. The monoisotopic (exact) mass is 336 g/mol. The molecular formula is C15H9FN8O. The van der Waals surface area contributed by atoms with Gasteiger partial charge in [0.05, 0.1) is 17.8 Å². The van der Waals surface area contributed by atoms with Crippen molar-refractivity contribution >= 4 is 16.9 Å². The number of hydrogen-bond donors (Lipinski definition) is 1. The molecule has 0 spiro atoms. The maximum absolute atomic E-state index is 14.1. The summed E-state index contributed by atoms with van der Waals surface area (Å²) in [6.07, 6.45) is 0. The Balaban J connectivity index is 1.90. The first kappa shape index (κ1) is 14.7. The molecule has 9 nitrogen and oxygen atoms in total. The van der Waals surface area contributed by atoms with Crippen LogP contribution in [0.5, 0.6) is 0 Å². The predicted octanol–water partition coefficient (Wildman–Crippen LogP) is 1.52. The number of nitrogen functional groups attached to an aromatic ring is 1. The number of anilines is 1. The van der Waals surface area contributed by atoms with E-state index in [1.54, 1.807) is 28.8 Å². The molecule has 1 aromatic carbocycles. The number of aromatic nitrogens is 6. The lowest BCUT2D eigenvalue weighted by Gasteiger charge is -2.07. The summed E-state index contributed by atoms with van der Waals surface area (Å²) in [6.45, 7) is 0.223. The normalized spacial score (nSPS) is 10.9. The molecule has 0 bridgehead atoms. The van der Waals surface area contributed by atoms with Crippen LogP contribution in [0.2, 0.25) is 0 Å². The van der Waals surface area contributed by atoms with Crippen LogP contribution >= 0.6 is 0 Å². The summed E-state index contributed by atoms with van der Waals surface area (Å²) >= 11 is 0. The number of nitriles is 1. The van der Waals surface area contributed by atoms with E-state index < -0.39 is 5.82 Å². The van der Waals surface area contributed by atoms with Crippen molar-refractivity contribution < 1.29 is 9.02 Å². The average molecular weight is 336 g/mol. The van der Waals surface area contributed by atoms with Crippen LogP contribution in [0.15, 0.2) is 35.0 Å². The molecule has 0 saturated carbocycles. The van der Waals surface area contributed by atoms with Gasteiger partial charge in [0.25, 0.3) is 0 Å². The first-order chi connectivity index (χ1) is 12.2. The molecule has 2 N–H and O–H groups in total. The molecular weight excluding hydrogens is 327 g/mol. The Bertz CT molecular complexity index is 1110. The summed E-state index contributed by atoms with van der Waals surface area (Å²) in [6, 6.07) is 9.72. The molecule has 4 aromatic rings. The van der Waals surface area contributed by atoms with Gasteiger partial charge < -0.3 is 10.3 Å². The van der Waals surface area contributed by atoms with Crippen LogP contribution < -0.4 is 5.73 Å². The van der Waals surface area contributed by atoms with Crippen molar-refractivity contribution in [2.45, 2.75) is 6.54 Å². The zero-order valence-corrected chi connectivity index (χ0v) is 12.6. The lowest BCUT2D eigenvalue weighted by molar-refractivity contribution is 0.310. The van der Waals surface area contributed by atoms with Gasteiger partial charge in [-0.15, -0.1) is 5.10 Å². The van der Waals surface area contributed by atoms with E-state index in [1.165, 1.54) is 6.07 Å². The van der Waals surface area contributed by atoms with Crippen LogP contribution in [-0.2, 0) is 6.54 Å². The van der Waals surface area contributed by atoms with Gasteiger partial charge >= 0.3 is 0 Å². The smallest absolute Gasteiger partial charge is 0.199 e. The number of fused-ring (bicyclic) bond motifs is 1. The van der Waals surface area contributed by atoms with Crippen molar-refractivity contribution in [3.05, 3.63) is 47.5 Å². The first-order valence-electron chi connectivity index (χ1n) is 7.13. The minimum absolute atomic E-state index is 0.0443. The van der Waals surface area contributed by atoms with Crippen molar-refractivity contribution in [3.63, 3.8) is 0 Å². The van der Waals surface area contributed by atoms with Crippen LogP contribution in [0.1, 0.15) is 11.4 Å². The van der Waals surface area contributed by atoms with Gasteiger partial charge in [-0.1, -0.05) is 6.07 Å². The molecule has 0 aliphatic carbocycles. The first-order valence-corrected chi connectivity index (χ1v) is 7.13. The zero-order chi connectivity index (χ0) is 17.4. The van der Waals surface area contributed by atoms with Crippen molar-refractivity contribution in [1.29, 1.82) is 5.26 Å². The summed E-state index contributed by atoms with van der Waals surface area (Å²) in [5.74, 6) is -0.133. The second kappa shape index (κ2) is 5.64. The molecule has 4 rings (SSSR count). The molecule has 122 valence electrons. The Morgan fingerprint density at radius 1 is 1.20 bits per heavy atom. The molecule has 0 atom stereocenters. The van der Waals surface area contributed by atoms with E-state index >= 15 is 0 Å². The van der Waals surface area contributed by atoms with Crippen molar-refractivity contribution in [2.75, 3.05) is 5.73 Å². The maximum atomic E-state index is 14.1. The second-order valence-electron chi connectivity index (χ2n) is 5.15. The van der Waals surface area contributed by atoms with Crippen molar-refractivity contribution in [3.8, 4) is 17.6 Å². The number of benzene rings is 1. The molecule has 0 fully saturated rings. The molecule has 25 heavy (non-hydrogen) atoms. The van der Waals surface area contributed by atoms with Crippen molar-refractivity contribution in [2.24, 2.45) is 0 Å². The Labute approximate surface area is 139 Å². The SMILES string of the molecule is N#Cc1ccc(Cn2c(-c3nonc3N)nc3c(F)cccc32)nn1. The third-order valence-electron chi connectivity index (χ3n) is 3.61. The van der Waals surface area contributed by atoms with Gasteiger partial charge in [-0.2, -0.15) is 10.4 Å². The molecule has 3 heterocycles. The number of nitrogens with two attached hydrogens (primary N) is 1. The highest BCUT2D eigenvalue weighted by Gasteiger charge is 2.21. The van der Waals surface area contributed by atoms with E-state index in [9.17, 15) is 4.39 Å². The van der Waals surface area contributed by atoms with Crippen molar-refractivity contribution in [1.82, 2.24) is 30.1 Å². The molecule has 3 aromatic heterocycles. The van der Waals surface area contributed by atoms with Crippen LogP contribution in [0.25, 0.3) is 22.6 Å². The summed E-state index contributed by atoms with van der Waals surface area (Å²) in [4.78, 5) is 4.29. The maximum Gasteiger partial charge on any atom is 0.199 e. The summed E-state index contributed by atoms with van der Waals surface area (Å²) in [7, 11) is 0. The van der Waals surface area contributed by atoms with Gasteiger partial charge in [-0.05, 0) is 34.6 Å². The number of halogens is 1. The van der Waals surface area contributed by atoms with E-state index in [0.29, 0.717) is 17.0 Å². The van der Waals surface area contributed by atoms with Crippen LogP contribution in [0.4, 0.5) is 10.2 Å². The quantitative estimate of drug-likeness (QED) is 0.595. The summed E-state index contributed by atoms with van der Waals surface area (Å²) in [5, 5.41) is 23.9. The standard InChI is InChI=1S/C15H9FN8O/c16-10-2-1-3-11-12(10)19-15(13-14(18)23-25-22-13)24(11)7-9-5-4-8(6-17)20-21-9/h1-5H,7H2,(H2,18,23). The fourth-order valence-electron chi connectivity index (χ4n) is 2.47. The Morgan fingerprint density at radius 3 is 2.76 bits per heavy atom. The lowest BCUT2D eigenvalue weighted by Crippen LogP contribution is -2.06. The fraction of sp³-hybridized carbons (Fsp3) is 0.0667. The minimum Gasteiger partial charge on any atom is -0.379 e. The minimum atomic E-state index is -0.474. The van der Waals surface area contributed by atoms with E-state index in [4.69, 9.17) is 11.0 Å². The highest BCUT2D eigenvalue weighted by molar-refractivity contribution is 5.82. The van der Waals surface area contributed by atoms with Gasteiger partial charge in [0.1, 0.15) is 11.6 Å². The molecule has 0 saturated heterocycles. The van der Waals surface area contributed by atoms with Crippen LogP contribution in [0, 0.1) is 17.1 Å². The average Bonchev–Trinajstić information content (AvgIpc) is 3.20. The fourth-order valence-corrected chi connectivity index (χ4v) is 2.47. The third kappa shape index (κ3) is 2.43. The molecule has 10 heteroatoms. The molecule has 0 amide bonds. The molecule has 0 aliphatic heterocycles. The van der Waals surface area contributed by atoms with E-state index in [-0.39, 0.29) is 29.3 Å². The number of nitrogens with zero attached hydrogens (tertiary/aromatic N) is 7. The van der Waals surface area contributed by atoms with E-state index in [1.807, 2.05) is 6.07 Å². The van der Waals surface area contributed by atoms with Gasteiger partial charge in [0.15, 0.2) is 28.8 Å². The Hall–Kier alpha value is -3.87. The summed E-state index contributed by atoms with van der Waals surface area (Å²) < 4.78 is 20.4. The number of para-hydroxylation sites is 1. The van der Waals surface area contributed by atoms with Crippen LogP contribution in [0.3, 0.4) is 0 Å². The number of hydrogen-bond acceptors (Lipinski definition) is 8. The number of imidazole rings is 1. The highest BCUT2D eigenvalue weighted by Crippen LogP contribution is 2.28. The number of rotatable bonds is 3. The highest BCUT2D eigenvalue weighted by atomic mass is 19.1. The van der Waals surface area contributed by atoms with Gasteiger partial charge in [0, 0.05) is 0 Å². The summed E-state index contributed by atoms with van der Waals surface area (Å²) in [5.41, 5.74) is 7.42. The van der Waals surface area contributed by atoms with Gasteiger partial charge in [-0.3, -0.25) is 0 Å². The second-order valence-corrected chi connectivity index (χ2v) is 5.15. The molecule has 0 radical (unpaired) electrons. The van der Waals surface area contributed by atoms with E-state index in [2.05, 4.69) is 30.1 Å². The topological polar surface area (TPSA) is 132 Å². The Kier molecular flexibility index (Phi) is 3.32. The van der Waals surface area contributed by atoms with Gasteiger partial charge in [-0.25, -0.2) is 14.0 Å². The van der Waals surface area contributed by atoms with E-state index in [0.717, 1.165) is 0 Å². The third-order valence-corrected chi connectivity index (χ3v) is 3.61.